The minimum Gasteiger partial charge on any atom is -0.480 e. The Labute approximate surface area is 103 Å². The number of piperazine rings is 1. The summed E-state index contributed by atoms with van der Waals surface area (Å²) in [5.74, 6) is 0.171. The topological polar surface area (TPSA) is 52.6 Å². The Hall–Kier alpha value is -0.610. The number of carboxylic acids is 1. The molecule has 0 amide bonds. The van der Waals surface area contributed by atoms with E-state index >= 15 is 0 Å². The average molecular weight is 240 g/mol. The third kappa shape index (κ3) is 2.20. The molecule has 3 unspecified atom stereocenters. The molecule has 3 atom stereocenters. The number of rotatable bonds is 2. The van der Waals surface area contributed by atoms with E-state index < -0.39 is 11.5 Å². The number of carboxylic acid groups (broad SMARTS) is 1. The van der Waals surface area contributed by atoms with Gasteiger partial charge < -0.3 is 10.4 Å². The van der Waals surface area contributed by atoms with E-state index in [-0.39, 0.29) is 5.92 Å². The quantitative estimate of drug-likeness (QED) is 0.761. The Kier molecular flexibility index (Phi) is 3.73. The summed E-state index contributed by atoms with van der Waals surface area (Å²) in [6.45, 7) is 7.85. The zero-order chi connectivity index (χ0) is 12.5. The molecule has 2 fully saturated rings. The standard InChI is InChI=1S/C13H24N2O2/c1-10-3-4-11(2)13(9-10,12(16)17)15-7-5-14-6-8-15/h10-11,14H,3-9H2,1-2H3,(H,16,17). The summed E-state index contributed by atoms with van der Waals surface area (Å²) in [4.78, 5) is 14.1. The van der Waals surface area contributed by atoms with Crippen LogP contribution in [0.15, 0.2) is 0 Å². The first-order chi connectivity index (χ1) is 8.07. The second-order valence-corrected chi connectivity index (χ2v) is 5.75. The first-order valence-electron chi connectivity index (χ1n) is 6.76. The zero-order valence-corrected chi connectivity index (χ0v) is 10.9. The number of nitrogens with one attached hydrogen (secondary N) is 1. The fourth-order valence-electron chi connectivity index (χ4n) is 3.55. The van der Waals surface area contributed by atoms with Gasteiger partial charge in [-0.05, 0) is 24.7 Å². The molecule has 1 aliphatic carbocycles. The molecule has 0 aromatic heterocycles. The zero-order valence-electron chi connectivity index (χ0n) is 10.9. The van der Waals surface area contributed by atoms with E-state index in [4.69, 9.17) is 0 Å². The highest BCUT2D eigenvalue weighted by atomic mass is 16.4. The third-order valence-electron chi connectivity index (χ3n) is 4.62. The second-order valence-electron chi connectivity index (χ2n) is 5.75. The van der Waals surface area contributed by atoms with Gasteiger partial charge in [-0.3, -0.25) is 9.69 Å². The van der Waals surface area contributed by atoms with Crippen LogP contribution in [0.2, 0.25) is 0 Å². The molecule has 0 spiro atoms. The van der Waals surface area contributed by atoms with E-state index in [0.717, 1.165) is 39.0 Å². The highest BCUT2D eigenvalue weighted by Gasteiger charge is 2.51. The molecule has 1 saturated carbocycles. The molecule has 0 bridgehead atoms. The molecule has 4 nitrogen and oxygen atoms in total. The van der Waals surface area contributed by atoms with E-state index in [1.807, 2.05) is 0 Å². The molecule has 0 aromatic rings. The van der Waals surface area contributed by atoms with Crippen LogP contribution in [-0.4, -0.2) is 47.7 Å². The number of nitrogens with zero attached hydrogens (tertiary/aromatic N) is 1. The monoisotopic (exact) mass is 240 g/mol. The van der Waals surface area contributed by atoms with Crippen molar-refractivity contribution in [2.75, 3.05) is 26.2 Å². The Morgan fingerprint density at radius 3 is 2.53 bits per heavy atom. The van der Waals surface area contributed by atoms with Gasteiger partial charge in [-0.15, -0.1) is 0 Å². The smallest absolute Gasteiger partial charge is 0.324 e. The Morgan fingerprint density at radius 2 is 1.94 bits per heavy atom. The molecule has 2 rings (SSSR count). The van der Waals surface area contributed by atoms with Crippen LogP contribution < -0.4 is 5.32 Å². The van der Waals surface area contributed by atoms with Crippen molar-refractivity contribution >= 4 is 5.97 Å². The van der Waals surface area contributed by atoms with Crippen LogP contribution in [0.1, 0.15) is 33.1 Å². The first kappa shape index (κ1) is 12.8. The largest absolute Gasteiger partial charge is 0.480 e. The van der Waals surface area contributed by atoms with Crippen molar-refractivity contribution in [3.8, 4) is 0 Å². The minimum absolute atomic E-state index is 0.259. The van der Waals surface area contributed by atoms with E-state index in [2.05, 4.69) is 24.1 Å². The van der Waals surface area contributed by atoms with Crippen LogP contribution in [0.25, 0.3) is 0 Å². The number of carbonyl (C=O) groups is 1. The van der Waals surface area contributed by atoms with E-state index in [9.17, 15) is 9.90 Å². The molecule has 17 heavy (non-hydrogen) atoms. The molecule has 98 valence electrons. The Morgan fingerprint density at radius 1 is 1.29 bits per heavy atom. The van der Waals surface area contributed by atoms with Crippen molar-refractivity contribution in [3.63, 3.8) is 0 Å². The van der Waals surface area contributed by atoms with Crippen molar-refractivity contribution in [1.82, 2.24) is 10.2 Å². The molecular formula is C13H24N2O2. The van der Waals surface area contributed by atoms with E-state index in [0.29, 0.717) is 5.92 Å². The molecule has 1 heterocycles. The molecule has 0 radical (unpaired) electrons. The SMILES string of the molecule is CC1CCC(C)C(C(=O)O)(N2CCNCC2)C1. The lowest BCUT2D eigenvalue weighted by Crippen LogP contribution is -2.65. The highest BCUT2D eigenvalue weighted by Crippen LogP contribution is 2.41. The fraction of sp³-hybridized carbons (Fsp3) is 0.923. The normalized spacial score (nSPS) is 40.1. The molecular weight excluding hydrogens is 216 g/mol. The average Bonchev–Trinajstić information content (AvgIpc) is 2.33. The predicted octanol–water partition coefficient (Wildman–Crippen LogP) is 1.17. The number of aliphatic carboxylic acids is 1. The van der Waals surface area contributed by atoms with Crippen molar-refractivity contribution in [2.24, 2.45) is 11.8 Å². The molecule has 2 aliphatic rings. The van der Waals surface area contributed by atoms with Crippen LogP contribution in [0.5, 0.6) is 0 Å². The van der Waals surface area contributed by atoms with Gasteiger partial charge in [-0.25, -0.2) is 0 Å². The Bertz CT molecular complexity index is 289. The van der Waals surface area contributed by atoms with Crippen molar-refractivity contribution < 1.29 is 9.90 Å². The third-order valence-corrected chi connectivity index (χ3v) is 4.62. The summed E-state index contributed by atoms with van der Waals surface area (Å²) in [7, 11) is 0. The van der Waals surface area contributed by atoms with Crippen molar-refractivity contribution in [1.29, 1.82) is 0 Å². The summed E-state index contributed by atoms with van der Waals surface area (Å²) < 4.78 is 0. The van der Waals surface area contributed by atoms with Gasteiger partial charge in [0, 0.05) is 26.2 Å². The lowest BCUT2D eigenvalue weighted by atomic mass is 9.68. The number of hydrogen-bond acceptors (Lipinski definition) is 3. The van der Waals surface area contributed by atoms with E-state index in [1.165, 1.54) is 6.42 Å². The molecule has 2 N–H and O–H groups in total. The van der Waals surface area contributed by atoms with Gasteiger partial charge in [-0.2, -0.15) is 0 Å². The van der Waals surface area contributed by atoms with Crippen LogP contribution >= 0.6 is 0 Å². The van der Waals surface area contributed by atoms with Gasteiger partial charge >= 0.3 is 5.97 Å². The fourth-order valence-corrected chi connectivity index (χ4v) is 3.55. The van der Waals surface area contributed by atoms with Gasteiger partial charge in [0.25, 0.3) is 0 Å². The van der Waals surface area contributed by atoms with Crippen LogP contribution in [0.4, 0.5) is 0 Å². The molecule has 4 heteroatoms. The number of hydrogen-bond donors (Lipinski definition) is 2. The summed E-state index contributed by atoms with van der Waals surface area (Å²) >= 11 is 0. The van der Waals surface area contributed by atoms with Gasteiger partial charge in [-0.1, -0.05) is 20.3 Å². The maximum atomic E-state index is 11.9. The maximum Gasteiger partial charge on any atom is 0.324 e. The van der Waals surface area contributed by atoms with E-state index in [1.54, 1.807) is 0 Å². The molecule has 0 aromatic carbocycles. The molecule has 1 aliphatic heterocycles. The molecule has 1 saturated heterocycles. The first-order valence-corrected chi connectivity index (χ1v) is 6.76. The lowest BCUT2D eigenvalue weighted by Gasteiger charge is -2.50. The summed E-state index contributed by atoms with van der Waals surface area (Å²) in [5.41, 5.74) is -0.611. The minimum atomic E-state index is -0.613. The summed E-state index contributed by atoms with van der Waals surface area (Å²) in [6.07, 6.45) is 3.02. The van der Waals surface area contributed by atoms with Crippen LogP contribution in [0, 0.1) is 11.8 Å². The van der Waals surface area contributed by atoms with Crippen molar-refractivity contribution in [3.05, 3.63) is 0 Å². The van der Waals surface area contributed by atoms with Crippen LogP contribution in [0.3, 0.4) is 0 Å². The Balaban J connectivity index is 2.25. The second kappa shape index (κ2) is 4.94. The van der Waals surface area contributed by atoms with Crippen molar-refractivity contribution in [2.45, 2.75) is 38.6 Å². The highest BCUT2D eigenvalue weighted by molar-refractivity contribution is 5.79. The van der Waals surface area contributed by atoms with Crippen LogP contribution in [-0.2, 0) is 4.79 Å². The summed E-state index contributed by atoms with van der Waals surface area (Å²) in [5, 5.41) is 13.1. The predicted molar refractivity (Wildman–Crippen MR) is 67.0 cm³/mol. The van der Waals surface area contributed by atoms with Gasteiger partial charge in [0.2, 0.25) is 0 Å². The van der Waals surface area contributed by atoms with Gasteiger partial charge in [0.1, 0.15) is 5.54 Å². The van der Waals surface area contributed by atoms with Gasteiger partial charge in [0.05, 0.1) is 0 Å². The van der Waals surface area contributed by atoms with Gasteiger partial charge in [0.15, 0.2) is 0 Å². The maximum absolute atomic E-state index is 11.9. The summed E-state index contributed by atoms with van der Waals surface area (Å²) in [6, 6.07) is 0. The lowest BCUT2D eigenvalue weighted by molar-refractivity contribution is -0.161.